The normalized spacial score (nSPS) is 12.2. The van der Waals surface area contributed by atoms with E-state index in [1.807, 2.05) is 36.4 Å². The minimum atomic E-state index is -0.180. The zero-order valence-electron chi connectivity index (χ0n) is 12.8. The summed E-state index contributed by atoms with van der Waals surface area (Å²) in [7, 11) is 0. The molecule has 0 spiro atoms. The molecular formula is C17H21ClN2O2. The van der Waals surface area contributed by atoms with Gasteiger partial charge < -0.3 is 15.1 Å². The van der Waals surface area contributed by atoms with Crippen molar-refractivity contribution in [3.63, 3.8) is 0 Å². The van der Waals surface area contributed by atoms with Gasteiger partial charge in [0.05, 0.1) is 12.3 Å². The van der Waals surface area contributed by atoms with Crippen molar-refractivity contribution < 1.29 is 9.21 Å². The van der Waals surface area contributed by atoms with Gasteiger partial charge in [-0.05, 0) is 35.7 Å². The number of urea groups is 1. The predicted molar refractivity (Wildman–Crippen MR) is 88.0 cm³/mol. The van der Waals surface area contributed by atoms with E-state index in [0.29, 0.717) is 18.0 Å². The summed E-state index contributed by atoms with van der Waals surface area (Å²) < 4.78 is 5.23. The molecule has 4 nitrogen and oxygen atoms in total. The highest BCUT2D eigenvalue weighted by Gasteiger charge is 2.18. The van der Waals surface area contributed by atoms with Gasteiger partial charge in [-0.15, -0.1) is 0 Å². The number of hydrogen-bond acceptors (Lipinski definition) is 2. The van der Waals surface area contributed by atoms with Crippen molar-refractivity contribution in [3.05, 3.63) is 59.0 Å². The first kappa shape index (κ1) is 16.4. The van der Waals surface area contributed by atoms with Crippen LogP contribution in [0.5, 0.6) is 0 Å². The van der Waals surface area contributed by atoms with Gasteiger partial charge in [0.1, 0.15) is 5.76 Å². The van der Waals surface area contributed by atoms with E-state index in [2.05, 4.69) is 24.5 Å². The molecule has 5 heteroatoms. The molecule has 2 N–H and O–H groups in total. The van der Waals surface area contributed by atoms with Gasteiger partial charge in [0.2, 0.25) is 0 Å². The van der Waals surface area contributed by atoms with E-state index in [0.717, 1.165) is 11.3 Å². The van der Waals surface area contributed by atoms with Gasteiger partial charge in [0.25, 0.3) is 0 Å². The molecule has 1 aromatic heterocycles. The van der Waals surface area contributed by atoms with Crippen molar-refractivity contribution in [2.75, 3.05) is 6.54 Å². The highest BCUT2D eigenvalue weighted by Crippen LogP contribution is 2.23. The quantitative estimate of drug-likeness (QED) is 0.839. The van der Waals surface area contributed by atoms with Gasteiger partial charge in [-0.3, -0.25) is 0 Å². The second kappa shape index (κ2) is 7.90. The number of carbonyl (C=O) groups excluding carboxylic acids is 1. The number of benzene rings is 1. The Balaban J connectivity index is 1.87. The fourth-order valence-electron chi connectivity index (χ4n) is 2.25. The first-order valence-electron chi connectivity index (χ1n) is 7.38. The maximum Gasteiger partial charge on any atom is 0.315 e. The number of furan rings is 1. The molecule has 0 aliphatic carbocycles. The van der Waals surface area contributed by atoms with E-state index >= 15 is 0 Å². The summed E-state index contributed by atoms with van der Waals surface area (Å²) in [6, 6.07) is 11.0. The van der Waals surface area contributed by atoms with Gasteiger partial charge in [0.15, 0.2) is 0 Å². The van der Waals surface area contributed by atoms with E-state index in [1.165, 1.54) is 0 Å². The maximum atomic E-state index is 12.0. The smallest absolute Gasteiger partial charge is 0.315 e. The number of hydrogen-bond donors (Lipinski definition) is 2. The molecule has 118 valence electrons. The Bertz CT molecular complexity index is 579. The average molecular weight is 321 g/mol. The third-order valence-corrected chi connectivity index (χ3v) is 3.67. The first-order chi connectivity index (χ1) is 10.6. The van der Waals surface area contributed by atoms with Crippen LogP contribution in [0.25, 0.3) is 0 Å². The van der Waals surface area contributed by atoms with Crippen LogP contribution in [0.4, 0.5) is 4.79 Å². The minimum absolute atomic E-state index is 0.0547. The van der Waals surface area contributed by atoms with E-state index < -0.39 is 0 Å². The van der Waals surface area contributed by atoms with Crippen molar-refractivity contribution in [1.82, 2.24) is 10.6 Å². The lowest BCUT2D eigenvalue weighted by Gasteiger charge is -2.23. The minimum Gasteiger partial charge on any atom is -0.469 e. The van der Waals surface area contributed by atoms with E-state index in [9.17, 15) is 4.79 Å². The lowest BCUT2D eigenvalue weighted by atomic mass is 9.96. The van der Waals surface area contributed by atoms with Gasteiger partial charge in [-0.25, -0.2) is 4.79 Å². The fraction of sp³-hybridized carbons (Fsp3) is 0.353. The molecule has 2 aromatic rings. The number of rotatable bonds is 6. The SMILES string of the molecule is CC(C)[C@H](NC(=O)NCCc1ccco1)c1ccc(Cl)cc1. The number of nitrogens with one attached hydrogen (secondary N) is 2. The second-order valence-electron chi connectivity index (χ2n) is 5.50. The molecule has 1 aromatic carbocycles. The van der Waals surface area contributed by atoms with Crippen LogP contribution >= 0.6 is 11.6 Å². The number of carbonyl (C=O) groups is 1. The van der Waals surface area contributed by atoms with Crippen molar-refractivity contribution in [2.24, 2.45) is 5.92 Å². The Morgan fingerprint density at radius 1 is 1.23 bits per heavy atom. The predicted octanol–water partition coefficient (Wildman–Crippen LogP) is 4.17. The molecule has 1 atom stereocenters. The molecule has 0 fully saturated rings. The van der Waals surface area contributed by atoms with Crippen LogP contribution in [0.1, 0.15) is 31.2 Å². The molecule has 22 heavy (non-hydrogen) atoms. The molecule has 0 aliphatic rings. The Hall–Kier alpha value is -1.94. The third kappa shape index (κ3) is 4.81. The van der Waals surface area contributed by atoms with Crippen LogP contribution in [0, 0.1) is 5.92 Å². The summed E-state index contributed by atoms with van der Waals surface area (Å²) in [5.41, 5.74) is 1.04. The zero-order valence-corrected chi connectivity index (χ0v) is 13.6. The van der Waals surface area contributed by atoms with Gasteiger partial charge >= 0.3 is 6.03 Å². The Kier molecular flexibility index (Phi) is 5.90. The van der Waals surface area contributed by atoms with E-state index in [4.69, 9.17) is 16.0 Å². The molecule has 2 rings (SSSR count). The van der Waals surface area contributed by atoms with Crippen molar-refractivity contribution in [3.8, 4) is 0 Å². The molecule has 0 saturated carbocycles. The average Bonchev–Trinajstić information content (AvgIpc) is 2.99. The van der Waals surface area contributed by atoms with E-state index in [-0.39, 0.29) is 18.0 Å². The van der Waals surface area contributed by atoms with Crippen LogP contribution in [0.15, 0.2) is 47.1 Å². The standard InChI is InChI=1S/C17H21ClN2O2/c1-12(2)16(13-5-7-14(18)8-6-13)20-17(21)19-10-9-15-4-3-11-22-15/h3-8,11-12,16H,9-10H2,1-2H3,(H2,19,20,21)/t16-/m0/s1. The molecule has 0 radical (unpaired) electrons. The van der Waals surface area contributed by atoms with Crippen molar-refractivity contribution in [1.29, 1.82) is 0 Å². The molecule has 0 saturated heterocycles. The van der Waals surface area contributed by atoms with Crippen LogP contribution < -0.4 is 10.6 Å². The largest absolute Gasteiger partial charge is 0.469 e. The lowest BCUT2D eigenvalue weighted by molar-refractivity contribution is 0.233. The Morgan fingerprint density at radius 3 is 2.55 bits per heavy atom. The summed E-state index contributed by atoms with van der Waals surface area (Å²) in [5, 5.41) is 6.55. The van der Waals surface area contributed by atoms with Crippen LogP contribution in [-0.2, 0) is 6.42 Å². The molecule has 0 aliphatic heterocycles. The van der Waals surface area contributed by atoms with Crippen molar-refractivity contribution in [2.45, 2.75) is 26.3 Å². The monoisotopic (exact) mass is 320 g/mol. The molecular weight excluding hydrogens is 300 g/mol. The zero-order chi connectivity index (χ0) is 15.9. The lowest BCUT2D eigenvalue weighted by Crippen LogP contribution is -2.40. The molecule has 0 unspecified atom stereocenters. The number of amides is 2. The van der Waals surface area contributed by atoms with Gasteiger partial charge in [-0.1, -0.05) is 37.6 Å². The van der Waals surface area contributed by atoms with E-state index in [1.54, 1.807) is 6.26 Å². The van der Waals surface area contributed by atoms with Crippen LogP contribution in [0.3, 0.4) is 0 Å². The van der Waals surface area contributed by atoms with Crippen molar-refractivity contribution >= 4 is 17.6 Å². The van der Waals surface area contributed by atoms with Gasteiger partial charge in [-0.2, -0.15) is 0 Å². The van der Waals surface area contributed by atoms with Crippen LogP contribution in [0.2, 0.25) is 5.02 Å². The highest BCUT2D eigenvalue weighted by molar-refractivity contribution is 6.30. The topological polar surface area (TPSA) is 54.3 Å². The maximum absolute atomic E-state index is 12.0. The summed E-state index contributed by atoms with van der Waals surface area (Å²) >= 11 is 5.91. The second-order valence-corrected chi connectivity index (χ2v) is 5.94. The third-order valence-electron chi connectivity index (χ3n) is 3.42. The van der Waals surface area contributed by atoms with Crippen LogP contribution in [-0.4, -0.2) is 12.6 Å². The number of halogens is 1. The summed E-state index contributed by atoms with van der Waals surface area (Å²) in [5.74, 6) is 1.13. The highest BCUT2D eigenvalue weighted by atomic mass is 35.5. The Morgan fingerprint density at radius 2 is 1.95 bits per heavy atom. The summed E-state index contributed by atoms with van der Waals surface area (Å²) in [6.07, 6.45) is 2.30. The summed E-state index contributed by atoms with van der Waals surface area (Å²) in [4.78, 5) is 12.0. The molecule has 2 amide bonds. The van der Waals surface area contributed by atoms with Gasteiger partial charge in [0, 0.05) is 18.0 Å². The Labute approximate surface area is 135 Å². The summed E-state index contributed by atoms with van der Waals surface area (Å²) in [6.45, 7) is 4.68. The molecule has 0 bridgehead atoms. The fourth-order valence-corrected chi connectivity index (χ4v) is 2.38. The first-order valence-corrected chi connectivity index (χ1v) is 7.76. The molecule has 1 heterocycles.